The summed E-state index contributed by atoms with van der Waals surface area (Å²) in [7, 11) is 1.60. The molecular weight excluding hydrogens is 1660 g/mol. The number of methoxy groups -OCH3 is 1. The second-order valence-electron chi connectivity index (χ2n) is 29.5. The fourth-order valence-corrected chi connectivity index (χ4v) is 13.6. The van der Waals surface area contributed by atoms with Gasteiger partial charge in [-0.2, -0.15) is 20.7 Å². The number of H-pyrrole nitrogens is 4. The van der Waals surface area contributed by atoms with Crippen LogP contribution in [0.1, 0.15) is 88.5 Å². The lowest BCUT2D eigenvalue weighted by Crippen LogP contribution is -2.01. The van der Waals surface area contributed by atoms with E-state index < -0.39 is 0 Å². The molecular formula is C103H93N19O10. The zero-order valence-electron chi connectivity index (χ0n) is 70.4. The van der Waals surface area contributed by atoms with Gasteiger partial charge in [0.1, 0.15) is 111 Å². The minimum absolute atomic E-state index is 0. The molecule has 0 radical (unpaired) electrons. The molecule has 12 aromatic carbocycles. The summed E-state index contributed by atoms with van der Waals surface area (Å²) in [6, 6.07) is 109. The Kier molecular flexibility index (Phi) is 31.0. The molecule has 20 aromatic rings. The molecule has 8 heterocycles. The van der Waals surface area contributed by atoms with E-state index in [0.717, 1.165) is 151 Å². The van der Waals surface area contributed by atoms with E-state index in [1.54, 1.807) is 7.11 Å². The molecule has 660 valence electrons. The minimum atomic E-state index is 0. The number of nitrogens with zero attached hydrogens (tertiary/aromatic N) is 15. The predicted molar refractivity (Wildman–Crippen MR) is 501 cm³/mol. The van der Waals surface area contributed by atoms with Crippen molar-refractivity contribution in [2.45, 2.75) is 87.2 Å². The monoisotopic (exact) mass is 1760 g/mol. The van der Waals surface area contributed by atoms with Crippen molar-refractivity contribution in [2.24, 2.45) is 0 Å². The van der Waals surface area contributed by atoms with Crippen LogP contribution >= 0.6 is 0 Å². The van der Waals surface area contributed by atoms with Crippen molar-refractivity contribution in [3.8, 4) is 68.9 Å². The van der Waals surface area contributed by atoms with Crippen molar-refractivity contribution in [3.05, 3.63) is 414 Å². The van der Waals surface area contributed by atoms with Crippen LogP contribution in [0.25, 0.3) is 55.0 Å². The number of nitrogens with one attached hydrogen (secondary N) is 4. The molecule has 0 saturated heterocycles. The Morgan fingerprint density at radius 2 is 0.652 bits per heavy atom. The van der Waals surface area contributed by atoms with Crippen LogP contribution in [-0.4, -0.2) is 104 Å². The van der Waals surface area contributed by atoms with Crippen LogP contribution in [0.3, 0.4) is 0 Å². The molecule has 8 aromatic heterocycles. The van der Waals surface area contributed by atoms with Gasteiger partial charge in [0.2, 0.25) is 11.6 Å². The fraction of sp³-hybridized carbons (Fsp3) is 0.136. The van der Waals surface area contributed by atoms with Gasteiger partial charge in [-0.3, -0.25) is 5.10 Å². The molecule has 0 aliphatic heterocycles. The van der Waals surface area contributed by atoms with Gasteiger partial charge in [0.15, 0.2) is 23.9 Å². The number of benzene rings is 12. The Labute approximate surface area is 760 Å². The summed E-state index contributed by atoms with van der Waals surface area (Å²) in [6.07, 6.45) is 2.87. The first-order valence-corrected chi connectivity index (χ1v) is 41.6. The number of aromatic nitrogens is 19. The predicted octanol–water partition coefficient (Wildman–Crippen LogP) is 19.9. The van der Waals surface area contributed by atoms with E-state index in [-0.39, 0.29) is 21.5 Å². The van der Waals surface area contributed by atoms with E-state index in [0.29, 0.717) is 100 Å². The summed E-state index contributed by atoms with van der Waals surface area (Å²) in [4.78, 5) is 22.8. The number of hydrogen-bond donors (Lipinski definition) is 4. The average Bonchev–Trinajstić information content (AvgIpc) is 0.966. The van der Waals surface area contributed by atoms with Crippen LogP contribution < -0.4 is 47.4 Å². The number of ether oxygens (including phenoxy) is 10. The standard InChI is InChI=1S/C26H22N4O2.2C25H21N5O3.C25H21N5O2.2CH4/c1-2-10-25-21(7-1)11-12-22(29-25)17-32-24-9-4-8-23(15-24)31-16-20-6-3-5-19(13-20)14-26-27-18-28-30-26;1-31-23-12-10-19(25-27-29-30-28-25)14-24(23)33-15-17-5-4-7-21(13-17)32-16-20-11-9-18-6-2-3-8-22(18)26-20;1-2-7-24-19(5-1)8-9-20(26-24)16-32-22-12-10-21(11-13-22)31-15-18-4-3-6-23(14-18)33-17-25-27-29-30-28-25;1-2-7-24-20(4-1)12-13-21(26-24)17-32-23-6-3-5-22(15-23)31-16-19-10-8-18(9-11-19)14-25-27-29-30-28-25;;/h1-13,15,18H,14,16-17H2,(H,27,28,30);2-14H,15-16H2,1H3,(H,27,28,29,30);1-14H,15-17H2,(H,27,28,29,30);1-13,15H,14,16-17H2,(H,27,28,29,30);2*1H4. The third-order valence-electron chi connectivity index (χ3n) is 20.1. The fourth-order valence-electron chi connectivity index (χ4n) is 13.6. The van der Waals surface area contributed by atoms with E-state index in [1.807, 2.05) is 279 Å². The Morgan fingerprint density at radius 1 is 0.265 bits per heavy atom. The molecule has 0 aliphatic rings. The number of rotatable bonds is 33. The molecule has 20 rings (SSSR count). The molecule has 0 amide bonds. The van der Waals surface area contributed by atoms with E-state index in [9.17, 15) is 0 Å². The molecule has 0 aliphatic carbocycles. The maximum absolute atomic E-state index is 6.04. The van der Waals surface area contributed by atoms with E-state index >= 15 is 0 Å². The summed E-state index contributed by atoms with van der Waals surface area (Å²) in [5.74, 6) is 9.69. The Hall–Kier alpha value is -17.4. The number of para-hydroxylation sites is 4. The zero-order chi connectivity index (χ0) is 87.9. The highest BCUT2D eigenvalue weighted by atomic mass is 16.5. The van der Waals surface area contributed by atoms with Gasteiger partial charge in [-0.05, 0) is 178 Å². The molecule has 0 fully saturated rings. The van der Waals surface area contributed by atoms with Crippen LogP contribution in [0.5, 0.6) is 57.5 Å². The van der Waals surface area contributed by atoms with Gasteiger partial charge in [0.25, 0.3) is 0 Å². The van der Waals surface area contributed by atoms with E-state index in [4.69, 9.17) is 47.4 Å². The Bertz CT molecular complexity index is 6990. The molecule has 0 unspecified atom stereocenters. The maximum Gasteiger partial charge on any atom is 0.211 e. The van der Waals surface area contributed by atoms with Crippen molar-refractivity contribution >= 4 is 43.6 Å². The summed E-state index contributed by atoms with van der Waals surface area (Å²) < 4.78 is 58.8. The normalized spacial score (nSPS) is 10.7. The van der Waals surface area contributed by atoms with Crippen LogP contribution in [0.4, 0.5) is 0 Å². The third kappa shape index (κ3) is 25.9. The first-order chi connectivity index (χ1) is 64.2. The van der Waals surface area contributed by atoms with Crippen molar-refractivity contribution in [1.82, 2.24) is 97.0 Å². The van der Waals surface area contributed by atoms with Gasteiger partial charge >= 0.3 is 0 Å². The van der Waals surface area contributed by atoms with Gasteiger partial charge in [-0.15, -0.1) is 30.6 Å². The molecule has 29 nitrogen and oxygen atoms in total. The SMILES string of the molecule is C.C.COc1ccc(-c2nn[nH]n2)cc1OCc1cccc(OCc2ccc3ccccc3n2)c1.c1cc(COc2ccc(OCc3ccc4ccccc4n3)cc2)cc(OCc2nn[nH]n2)c1.c1cc(COc2cccc(OCc3ccc4ccccc4n3)c2)cc(Cc2ncn[nH]2)c1.c1cc(OCc2ccc(Cc3nn[nH]n3)cc2)cc(OCc2ccc3ccccc3n2)c1. The highest BCUT2D eigenvalue weighted by Crippen LogP contribution is 2.34. The van der Waals surface area contributed by atoms with Crippen LogP contribution in [0, 0.1) is 0 Å². The highest BCUT2D eigenvalue weighted by molar-refractivity contribution is 5.81. The topological polar surface area (TPSA) is 349 Å². The van der Waals surface area contributed by atoms with Gasteiger partial charge in [0.05, 0.1) is 52.0 Å². The van der Waals surface area contributed by atoms with Gasteiger partial charge < -0.3 is 47.4 Å². The smallest absolute Gasteiger partial charge is 0.211 e. The van der Waals surface area contributed by atoms with Gasteiger partial charge in [0, 0.05) is 52.1 Å². The van der Waals surface area contributed by atoms with Crippen LogP contribution in [0.15, 0.2) is 340 Å². The molecule has 0 bridgehead atoms. The van der Waals surface area contributed by atoms with Crippen molar-refractivity contribution in [2.75, 3.05) is 7.11 Å². The lowest BCUT2D eigenvalue weighted by Gasteiger charge is -2.12. The second kappa shape index (κ2) is 45.7. The lowest BCUT2D eigenvalue weighted by atomic mass is 10.1. The summed E-state index contributed by atoms with van der Waals surface area (Å²) in [6.45, 7) is 3.54. The zero-order valence-corrected chi connectivity index (χ0v) is 70.4. The molecule has 4 N–H and O–H groups in total. The number of hydrogen-bond acceptors (Lipinski definition) is 25. The van der Waals surface area contributed by atoms with Gasteiger partial charge in [-0.25, -0.2) is 24.9 Å². The lowest BCUT2D eigenvalue weighted by molar-refractivity contribution is 0.281. The number of tetrazole rings is 3. The molecule has 0 spiro atoms. The van der Waals surface area contributed by atoms with Gasteiger partial charge in [-0.1, -0.05) is 207 Å². The minimum Gasteiger partial charge on any atom is -0.493 e. The van der Waals surface area contributed by atoms with Crippen molar-refractivity contribution in [3.63, 3.8) is 0 Å². The first-order valence-electron chi connectivity index (χ1n) is 41.6. The maximum atomic E-state index is 6.04. The summed E-state index contributed by atoms with van der Waals surface area (Å²) in [5.41, 5.74) is 14.6. The highest BCUT2D eigenvalue weighted by Gasteiger charge is 2.15. The first kappa shape index (κ1) is 89.5. The Balaban J connectivity index is 0.000000134. The quantitative estimate of drug-likeness (QED) is 0.0297. The van der Waals surface area contributed by atoms with Crippen molar-refractivity contribution < 1.29 is 47.4 Å². The number of fused-ring (bicyclic) bond motifs is 4. The summed E-state index contributed by atoms with van der Waals surface area (Å²) in [5, 5.41) is 53.0. The number of pyridine rings is 4. The van der Waals surface area contributed by atoms with E-state index in [1.165, 1.54) is 6.33 Å². The largest absolute Gasteiger partial charge is 0.493 e. The second-order valence-corrected chi connectivity index (χ2v) is 29.5. The van der Waals surface area contributed by atoms with Crippen LogP contribution in [0.2, 0.25) is 0 Å². The summed E-state index contributed by atoms with van der Waals surface area (Å²) >= 11 is 0. The van der Waals surface area contributed by atoms with Crippen molar-refractivity contribution in [1.29, 1.82) is 0 Å². The molecule has 132 heavy (non-hydrogen) atoms. The molecule has 0 atom stereocenters. The molecule has 0 saturated carbocycles. The number of aromatic amines is 4. The van der Waals surface area contributed by atoms with E-state index in [2.05, 4.69) is 152 Å². The van der Waals surface area contributed by atoms with Crippen LogP contribution in [-0.2, 0) is 72.3 Å². The average molecular weight is 1760 g/mol. The Morgan fingerprint density at radius 3 is 1.11 bits per heavy atom. The third-order valence-corrected chi connectivity index (χ3v) is 20.1. The molecule has 29 heteroatoms.